The van der Waals surface area contributed by atoms with Crippen LogP contribution in [0.2, 0.25) is 0 Å². The van der Waals surface area contributed by atoms with Crippen LogP contribution < -0.4 is 0 Å². The highest BCUT2D eigenvalue weighted by molar-refractivity contribution is 5.78. The van der Waals surface area contributed by atoms with Crippen LogP contribution in [0, 0.1) is 0 Å². The van der Waals surface area contributed by atoms with E-state index < -0.39 is 6.23 Å². The van der Waals surface area contributed by atoms with Gasteiger partial charge in [0.15, 0.2) is 18.2 Å². The number of amides is 1. The van der Waals surface area contributed by atoms with E-state index in [0.717, 1.165) is 0 Å². The average molecular weight is 169 g/mol. The van der Waals surface area contributed by atoms with E-state index >= 15 is 0 Å². The Morgan fingerprint density at radius 1 is 1.75 bits per heavy atom. The van der Waals surface area contributed by atoms with Gasteiger partial charge >= 0.3 is 0 Å². The Balaban J connectivity index is 2.21. The Bertz CT molecular complexity index is 284. The molecule has 1 aromatic rings. The molecular weight excluding hydrogens is 162 g/mol. The van der Waals surface area contributed by atoms with Crippen molar-refractivity contribution in [1.29, 1.82) is 0 Å². The second-order valence-corrected chi connectivity index (χ2v) is 2.50. The molecule has 12 heavy (non-hydrogen) atoms. The average Bonchev–Trinajstić information content (AvgIpc) is 2.64. The van der Waals surface area contributed by atoms with Gasteiger partial charge in [-0.2, -0.15) is 0 Å². The van der Waals surface area contributed by atoms with Crippen molar-refractivity contribution in [2.45, 2.75) is 6.23 Å². The van der Waals surface area contributed by atoms with E-state index in [1.807, 2.05) is 0 Å². The molecule has 0 bridgehead atoms. The molecule has 1 fully saturated rings. The van der Waals surface area contributed by atoms with Crippen molar-refractivity contribution in [1.82, 2.24) is 15.3 Å². The number of hydrogen-bond donors (Lipinski definition) is 0. The first kappa shape index (κ1) is 7.23. The Hall–Kier alpha value is -1.43. The number of rotatable bonds is 1. The zero-order valence-electron chi connectivity index (χ0n) is 6.43. The lowest BCUT2D eigenvalue weighted by Crippen LogP contribution is -2.23. The van der Waals surface area contributed by atoms with Crippen LogP contribution in [0.25, 0.3) is 0 Å². The van der Waals surface area contributed by atoms with Crippen LogP contribution in [-0.2, 0) is 9.53 Å². The lowest BCUT2D eigenvalue weighted by molar-refractivity contribution is -0.126. The number of carbonyl (C=O) groups excluding carboxylic acids is 1. The Morgan fingerprint density at radius 3 is 3.08 bits per heavy atom. The van der Waals surface area contributed by atoms with Gasteiger partial charge in [-0.1, -0.05) is 0 Å². The van der Waals surface area contributed by atoms with Crippen molar-refractivity contribution in [3.8, 4) is 0 Å². The van der Waals surface area contributed by atoms with Gasteiger partial charge in [0.05, 0.1) is 0 Å². The van der Waals surface area contributed by atoms with Crippen LogP contribution in [0.5, 0.6) is 0 Å². The van der Waals surface area contributed by atoms with Crippen molar-refractivity contribution in [3.05, 3.63) is 12.0 Å². The number of aromatic nitrogens is 2. The van der Waals surface area contributed by atoms with Gasteiger partial charge in [-0.15, -0.1) is 5.10 Å². The molecule has 2 heterocycles. The second kappa shape index (κ2) is 2.56. The quantitative estimate of drug-likeness (QED) is 0.569. The standard InChI is InChI=1S/C6H7N3O3/c1-9-5(10)3-11-6(9)4-2-12-8-7-4/h2,6H,3H2,1H3. The van der Waals surface area contributed by atoms with Crippen LogP contribution in [0.4, 0.5) is 0 Å². The first-order valence-electron chi connectivity index (χ1n) is 3.43. The minimum absolute atomic E-state index is 0.0667. The van der Waals surface area contributed by atoms with Gasteiger partial charge in [0.1, 0.15) is 6.61 Å². The monoisotopic (exact) mass is 169 g/mol. The van der Waals surface area contributed by atoms with Gasteiger partial charge in [0.2, 0.25) is 0 Å². The maximum absolute atomic E-state index is 11.0. The maximum atomic E-state index is 11.0. The molecule has 6 heteroatoms. The zero-order valence-corrected chi connectivity index (χ0v) is 6.43. The van der Waals surface area contributed by atoms with Crippen molar-refractivity contribution < 1.29 is 14.1 Å². The van der Waals surface area contributed by atoms with Gasteiger partial charge in [-0.25, -0.2) is 0 Å². The fourth-order valence-corrected chi connectivity index (χ4v) is 1.06. The van der Waals surface area contributed by atoms with E-state index in [1.54, 1.807) is 7.05 Å². The Morgan fingerprint density at radius 2 is 2.58 bits per heavy atom. The molecule has 1 saturated heterocycles. The van der Waals surface area contributed by atoms with Crippen LogP contribution in [0.15, 0.2) is 10.8 Å². The lowest BCUT2D eigenvalue weighted by atomic mass is 10.4. The molecule has 1 aliphatic rings. The third-order valence-corrected chi connectivity index (χ3v) is 1.74. The molecule has 0 saturated carbocycles. The normalized spacial score (nSPS) is 23.6. The highest BCUT2D eigenvalue weighted by Crippen LogP contribution is 2.23. The molecular formula is C6H7N3O3. The van der Waals surface area contributed by atoms with Gasteiger partial charge in [-0.05, 0) is 0 Å². The fraction of sp³-hybridized carbons (Fsp3) is 0.500. The highest BCUT2D eigenvalue weighted by Gasteiger charge is 2.31. The Labute approximate surface area is 68.1 Å². The molecule has 1 amide bonds. The molecule has 1 unspecified atom stereocenters. The first-order chi connectivity index (χ1) is 5.79. The Kier molecular flexibility index (Phi) is 1.54. The molecule has 6 nitrogen and oxygen atoms in total. The van der Waals surface area contributed by atoms with Gasteiger partial charge in [0, 0.05) is 12.3 Å². The lowest BCUT2D eigenvalue weighted by Gasteiger charge is -2.13. The summed E-state index contributed by atoms with van der Waals surface area (Å²) in [5.74, 6) is -0.0667. The predicted octanol–water partition coefficient (Wildman–Crippen LogP) is -0.443. The summed E-state index contributed by atoms with van der Waals surface area (Å²) in [6, 6.07) is 0. The fourth-order valence-electron chi connectivity index (χ4n) is 1.06. The third-order valence-electron chi connectivity index (χ3n) is 1.74. The third kappa shape index (κ3) is 0.964. The second-order valence-electron chi connectivity index (χ2n) is 2.50. The number of likely N-dealkylation sites (N-methyl/N-ethyl adjacent to an activating group) is 1. The summed E-state index contributed by atoms with van der Waals surface area (Å²) >= 11 is 0. The summed E-state index contributed by atoms with van der Waals surface area (Å²) in [6.45, 7) is 0.0913. The van der Waals surface area contributed by atoms with Crippen molar-refractivity contribution >= 4 is 5.91 Å². The summed E-state index contributed by atoms with van der Waals surface area (Å²) in [6.07, 6.45) is 0.920. The minimum atomic E-state index is -0.441. The highest BCUT2D eigenvalue weighted by atomic mass is 16.5. The zero-order chi connectivity index (χ0) is 8.55. The molecule has 0 aromatic carbocycles. The summed E-state index contributed by atoms with van der Waals surface area (Å²) < 4.78 is 9.67. The van der Waals surface area contributed by atoms with E-state index in [4.69, 9.17) is 4.74 Å². The smallest absolute Gasteiger partial charge is 0.250 e. The van der Waals surface area contributed by atoms with Crippen LogP contribution in [0.3, 0.4) is 0 Å². The number of ether oxygens (including phenoxy) is 1. The van der Waals surface area contributed by atoms with Crippen molar-refractivity contribution in [2.24, 2.45) is 0 Å². The molecule has 2 rings (SSSR count). The van der Waals surface area contributed by atoms with E-state index in [0.29, 0.717) is 5.69 Å². The van der Waals surface area contributed by atoms with E-state index in [9.17, 15) is 4.79 Å². The molecule has 0 spiro atoms. The van der Waals surface area contributed by atoms with E-state index in [-0.39, 0.29) is 12.5 Å². The van der Waals surface area contributed by atoms with E-state index in [2.05, 4.69) is 14.9 Å². The van der Waals surface area contributed by atoms with E-state index in [1.165, 1.54) is 11.2 Å². The minimum Gasteiger partial charge on any atom is -0.345 e. The van der Waals surface area contributed by atoms with Gasteiger partial charge in [-0.3, -0.25) is 4.79 Å². The SMILES string of the molecule is CN1C(=O)COC1c1conn1. The molecule has 0 N–H and O–H groups in total. The van der Waals surface area contributed by atoms with Crippen LogP contribution >= 0.6 is 0 Å². The number of carbonyl (C=O) groups is 1. The van der Waals surface area contributed by atoms with Crippen molar-refractivity contribution in [2.75, 3.05) is 13.7 Å². The summed E-state index contributed by atoms with van der Waals surface area (Å²) in [5, 5.41) is 6.93. The van der Waals surface area contributed by atoms with Gasteiger partial charge in [0.25, 0.3) is 5.91 Å². The predicted molar refractivity (Wildman–Crippen MR) is 35.8 cm³/mol. The molecule has 1 atom stereocenters. The topological polar surface area (TPSA) is 68.5 Å². The van der Waals surface area contributed by atoms with Gasteiger partial charge < -0.3 is 14.2 Å². The maximum Gasteiger partial charge on any atom is 0.250 e. The first-order valence-corrected chi connectivity index (χ1v) is 3.43. The summed E-state index contributed by atoms with van der Waals surface area (Å²) in [5.41, 5.74) is 0.517. The molecule has 1 aliphatic heterocycles. The van der Waals surface area contributed by atoms with Crippen molar-refractivity contribution in [3.63, 3.8) is 0 Å². The largest absolute Gasteiger partial charge is 0.345 e. The number of hydrogen-bond acceptors (Lipinski definition) is 5. The molecule has 0 aliphatic carbocycles. The van der Waals surface area contributed by atoms with Crippen LogP contribution in [-0.4, -0.2) is 34.8 Å². The number of nitrogens with zero attached hydrogens (tertiary/aromatic N) is 3. The summed E-state index contributed by atoms with van der Waals surface area (Å²) in [7, 11) is 1.65. The molecule has 0 radical (unpaired) electrons. The van der Waals surface area contributed by atoms with Crippen LogP contribution in [0.1, 0.15) is 11.9 Å². The summed E-state index contributed by atoms with van der Waals surface area (Å²) in [4.78, 5) is 12.5. The molecule has 64 valence electrons. The molecule has 1 aromatic heterocycles.